The van der Waals surface area contributed by atoms with E-state index in [0.29, 0.717) is 12.5 Å². The number of guanidine groups is 1. The third kappa shape index (κ3) is 5.85. The van der Waals surface area contributed by atoms with Crippen molar-refractivity contribution in [3.8, 4) is 0 Å². The molecule has 1 saturated carbocycles. The van der Waals surface area contributed by atoms with Gasteiger partial charge in [-0.25, -0.2) is 4.98 Å². The molecule has 1 aliphatic carbocycles. The standard InChI is InChI=1S/C18H30N6O.HI/c1-2-20-18(21-9-12-23-11-8-19-14-23)22-16-7-10-24(13-16)17(25)15-5-3-4-6-15;/h8,11,14-16H,2-7,9-10,12-13H2,1H3,(H2,20,21,22);1H. The van der Waals surface area contributed by atoms with Crippen molar-refractivity contribution in [3.05, 3.63) is 18.7 Å². The van der Waals surface area contributed by atoms with Crippen LogP contribution < -0.4 is 10.6 Å². The van der Waals surface area contributed by atoms with Gasteiger partial charge < -0.3 is 20.1 Å². The van der Waals surface area contributed by atoms with Crippen LogP contribution in [0.5, 0.6) is 0 Å². The number of imidazole rings is 1. The van der Waals surface area contributed by atoms with Crippen molar-refractivity contribution in [2.75, 3.05) is 26.2 Å². The molecule has 1 aromatic rings. The van der Waals surface area contributed by atoms with Gasteiger partial charge in [-0.3, -0.25) is 9.79 Å². The van der Waals surface area contributed by atoms with Crippen molar-refractivity contribution in [3.63, 3.8) is 0 Å². The first kappa shape index (κ1) is 21.0. The molecule has 3 rings (SSSR count). The minimum absolute atomic E-state index is 0. The number of nitrogens with zero attached hydrogens (tertiary/aromatic N) is 4. The molecule has 2 N–H and O–H groups in total. The summed E-state index contributed by atoms with van der Waals surface area (Å²) in [4.78, 5) is 23.3. The summed E-state index contributed by atoms with van der Waals surface area (Å²) in [5.41, 5.74) is 0. The van der Waals surface area contributed by atoms with E-state index in [1.165, 1.54) is 12.8 Å². The number of amides is 1. The van der Waals surface area contributed by atoms with Crippen molar-refractivity contribution < 1.29 is 4.79 Å². The highest BCUT2D eigenvalue weighted by Crippen LogP contribution is 2.27. The SMILES string of the molecule is CCNC(=NCCn1ccnc1)NC1CCN(C(=O)C2CCCC2)C1.I. The maximum atomic E-state index is 12.6. The van der Waals surface area contributed by atoms with Crippen molar-refractivity contribution in [2.45, 2.75) is 51.6 Å². The average Bonchev–Trinajstić information content (AvgIpc) is 3.37. The van der Waals surface area contributed by atoms with Gasteiger partial charge in [0.2, 0.25) is 5.91 Å². The number of aromatic nitrogens is 2. The lowest BCUT2D eigenvalue weighted by atomic mass is 10.1. The Bertz CT molecular complexity index is 570. The van der Waals surface area contributed by atoms with E-state index in [2.05, 4.69) is 27.5 Å². The highest BCUT2D eigenvalue weighted by atomic mass is 127. The van der Waals surface area contributed by atoms with E-state index >= 15 is 0 Å². The summed E-state index contributed by atoms with van der Waals surface area (Å²) < 4.78 is 2.02. The van der Waals surface area contributed by atoms with Gasteiger partial charge >= 0.3 is 0 Å². The highest BCUT2D eigenvalue weighted by Gasteiger charge is 2.32. The molecule has 0 bridgehead atoms. The maximum Gasteiger partial charge on any atom is 0.225 e. The Morgan fingerprint density at radius 3 is 2.81 bits per heavy atom. The Morgan fingerprint density at radius 2 is 2.12 bits per heavy atom. The third-order valence-electron chi connectivity index (χ3n) is 5.08. The highest BCUT2D eigenvalue weighted by molar-refractivity contribution is 14.0. The topological polar surface area (TPSA) is 74.6 Å². The van der Waals surface area contributed by atoms with E-state index < -0.39 is 0 Å². The molecule has 1 amide bonds. The van der Waals surface area contributed by atoms with E-state index in [-0.39, 0.29) is 35.9 Å². The van der Waals surface area contributed by atoms with Crippen LogP contribution in [0.1, 0.15) is 39.0 Å². The number of likely N-dealkylation sites (tertiary alicyclic amines) is 1. The van der Waals surface area contributed by atoms with Crippen LogP contribution in [-0.2, 0) is 11.3 Å². The first-order chi connectivity index (χ1) is 12.3. The molecule has 1 atom stereocenters. The van der Waals surface area contributed by atoms with Gasteiger partial charge in [-0.2, -0.15) is 0 Å². The normalized spacial score (nSPS) is 20.9. The van der Waals surface area contributed by atoms with E-state index in [4.69, 9.17) is 0 Å². The Hall–Kier alpha value is -1.32. The first-order valence-electron chi connectivity index (χ1n) is 9.55. The second kappa shape index (κ2) is 10.7. The van der Waals surface area contributed by atoms with Crippen LogP contribution in [0.2, 0.25) is 0 Å². The van der Waals surface area contributed by atoms with Gasteiger partial charge in [-0.05, 0) is 26.2 Å². The fourth-order valence-corrected chi connectivity index (χ4v) is 3.72. The zero-order chi connectivity index (χ0) is 17.5. The largest absolute Gasteiger partial charge is 0.357 e. The summed E-state index contributed by atoms with van der Waals surface area (Å²) in [5, 5.41) is 6.79. The van der Waals surface area contributed by atoms with Crippen molar-refractivity contribution in [1.82, 2.24) is 25.1 Å². The predicted octanol–water partition coefficient (Wildman–Crippen LogP) is 1.85. The summed E-state index contributed by atoms with van der Waals surface area (Å²) in [6.07, 6.45) is 11.1. The lowest BCUT2D eigenvalue weighted by Gasteiger charge is -2.21. The smallest absolute Gasteiger partial charge is 0.225 e. The van der Waals surface area contributed by atoms with E-state index in [1.807, 2.05) is 15.7 Å². The van der Waals surface area contributed by atoms with Crippen molar-refractivity contribution in [1.29, 1.82) is 0 Å². The first-order valence-corrected chi connectivity index (χ1v) is 9.55. The van der Waals surface area contributed by atoms with Crippen LogP contribution >= 0.6 is 24.0 Å². The molecule has 26 heavy (non-hydrogen) atoms. The third-order valence-corrected chi connectivity index (χ3v) is 5.08. The molecule has 1 saturated heterocycles. The molecule has 1 aromatic heterocycles. The molecule has 2 heterocycles. The fraction of sp³-hybridized carbons (Fsp3) is 0.722. The molecule has 146 valence electrons. The van der Waals surface area contributed by atoms with E-state index in [9.17, 15) is 4.79 Å². The number of halogens is 1. The number of hydrogen-bond acceptors (Lipinski definition) is 3. The van der Waals surface area contributed by atoms with Crippen molar-refractivity contribution in [2.24, 2.45) is 10.9 Å². The Morgan fingerprint density at radius 1 is 1.31 bits per heavy atom. The van der Waals surface area contributed by atoms with Gasteiger partial charge in [0.15, 0.2) is 5.96 Å². The van der Waals surface area contributed by atoms with Crippen LogP contribution in [0, 0.1) is 5.92 Å². The lowest BCUT2D eigenvalue weighted by molar-refractivity contribution is -0.134. The zero-order valence-corrected chi connectivity index (χ0v) is 17.9. The maximum absolute atomic E-state index is 12.6. The Labute approximate surface area is 173 Å². The van der Waals surface area contributed by atoms with Gasteiger partial charge in [0, 0.05) is 50.5 Å². The molecule has 2 fully saturated rings. The molecule has 1 unspecified atom stereocenters. The Balaban J connectivity index is 0.00000243. The zero-order valence-electron chi connectivity index (χ0n) is 15.6. The number of hydrogen-bond donors (Lipinski definition) is 2. The minimum atomic E-state index is 0. The fourth-order valence-electron chi connectivity index (χ4n) is 3.72. The van der Waals surface area contributed by atoms with Crippen LogP contribution in [0.25, 0.3) is 0 Å². The summed E-state index contributed by atoms with van der Waals surface area (Å²) >= 11 is 0. The molecule has 7 nitrogen and oxygen atoms in total. The lowest BCUT2D eigenvalue weighted by Crippen LogP contribution is -2.45. The van der Waals surface area contributed by atoms with Crippen molar-refractivity contribution >= 4 is 35.8 Å². The number of rotatable bonds is 6. The van der Waals surface area contributed by atoms with E-state index in [0.717, 1.165) is 51.4 Å². The molecule has 8 heteroatoms. The number of nitrogens with one attached hydrogen (secondary N) is 2. The quantitative estimate of drug-likeness (QED) is 0.375. The summed E-state index contributed by atoms with van der Waals surface area (Å²) in [6.45, 7) is 6.06. The van der Waals surface area contributed by atoms with Gasteiger partial charge in [0.1, 0.15) is 0 Å². The molecule has 0 spiro atoms. The van der Waals surface area contributed by atoms with Gasteiger partial charge in [0.25, 0.3) is 0 Å². The second-order valence-electron chi connectivity index (χ2n) is 6.96. The monoisotopic (exact) mass is 474 g/mol. The molecular weight excluding hydrogens is 443 g/mol. The van der Waals surface area contributed by atoms with Gasteiger partial charge in [-0.15, -0.1) is 24.0 Å². The molecule has 0 aromatic carbocycles. The predicted molar refractivity (Wildman–Crippen MR) is 114 cm³/mol. The van der Waals surface area contributed by atoms with Crippen LogP contribution in [0.3, 0.4) is 0 Å². The summed E-state index contributed by atoms with van der Waals surface area (Å²) in [7, 11) is 0. The summed E-state index contributed by atoms with van der Waals surface area (Å²) in [6, 6.07) is 0.288. The molecule has 0 radical (unpaired) electrons. The number of carbonyl (C=O) groups is 1. The Kier molecular flexibility index (Phi) is 8.67. The number of aliphatic imine (C=N–C) groups is 1. The number of carbonyl (C=O) groups excluding carboxylic acids is 1. The average molecular weight is 474 g/mol. The van der Waals surface area contributed by atoms with Crippen LogP contribution in [0.15, 0.2) is 23.7 Å². The minimum Gasteiger partial charge on any atom is -0.357 e. The van der Waals surface area contributed by atoms with Gasteiger partial charge in [0.05, 0.1) is 12.9 Å². The van der Waals surface area contributed by atoms with E-state index in [1.54, 1.807) is 12.5 Å². The van der Waals surface area contributed by atoms with Gasteiger partial charge in [-0.1, -0.05) is 12.8 Å². The summed E-state index contributed by atoms with van der Waals surface area (Å²) in [5.74, 6) is 1.47. The molecule has 1 aliphatic heterocycles. The molecular formula is C18H31IN6O. The van der Waals surface area contributed by atoms with Crippen LogP contribution in [-0.4, -0.2) is 58.5 Å². The molecule has 2 aliphatic rings. The second-order valence-corrected chi connectivity index (χ2v) is 6.96. The van der Waals surface area contributed by atoms with Crippen LogP contribution in [0.4, 0.5) is 0 Å².